The van der Waals surface area contributed by atoms with Crippen LogP contribution in [0.25, 0.3) is 0 Å². The molecule has 1 heterocycles. The third kappa shape index (κ3) is 3.77. The van der Waals surface area contributed by atoms with Crippen LogP contribution in [-0.4, -0.2) is 23.1 Å². The predicted octanol–water partition coefficient (Wildman–Crippen LogP) is 3.37. The maximum absolute atomic E-state index is 12.8. The Balaban J connectivity index is 1.88. The standard InChI is InChI=1S/C18H14IN3O2S/c1-11-9-12(7-8-15(11)19)20-10-14-16(23)21-18(25)22(17(14)24)13-5-3-2-4-6-13/h2-10,14H,1H3,(H,21,23,25)/t14-/m1/s1. The molecule has 1 fully saturated rings. The highest BCUT2D eigenvalue weighted by molar-refractivity contribution is 14.1. The molecule has 1 aliphatic heterocycles. The number of carbonyl (C=O) groups excluding carboxylic acids is 2. The zero-order valence-electron chi connectivity index (χ0n) is 13.3. The van der Waals surface area contributed by atoms with Crippen LogP contribution >= 0.6 is 34.8 Å². The maximum Gasteiger partial charge on any atom is 0.251 e. The first kappa shape index (κ1) is 17.7. The first-order valence-electron chi connectivity index (χ1n) is 7.51. The summed E-state index contributed by atoms with van der Waals surface area (Å²) < 4.78 is 1.13. The maximum atomic E-state index is 12.8. The Morgan fingerprint density at radius 3 is 2.60 bits per heavy atom. The molecule has 0 bridgehead atoms. The van der Waals surface area contributed by atoms with Gasteiger partial charge in [-0.05, 0) is 77.6 Å². The van der Waals surface area contributed by atoms with Crippen LogP contribution in [0.3, 0.4) is 0 Å². The lowest BCUT2D eigenvalue weighted by Gasteiger charge is -2.30. The largest absolute Gasteiger partial charge is 0.301 e. The van der Waals surface area contributed by atoms with E-state index in [0.717, 1.165) is 9.13 Å². The van der Waals surface area contributed by atoms with Crippen molar-refractivity contribution >= 4 is 69.3 Å². The van der Waals surface area contributed by atoms with Gasteiger partial charge in [-0.3, -0.25) is 19.5 Å². The summed E-state index contributed by atoms with van der Waals surface area (Å²) in [5, 5.41) is 2.65. The molecule has 1 atom stereocenters. The molecule has 0 radical (unpaired) electrons. The van der Waals surface area contributed by atoms with E-state index in [1.807, 2.05) is 31.2 Å². The predicted molar refractivity (Wildman–Crippen MR) is 110 cm³/mol. The van der Waals surface area contributed by atoms with Gasteiger partial charge in [0, 0.05) is 9.78 Å². The van der Waals surface area contributed by atoms with Crippen molar-refractivity contribution in [3.8, 4) is 0 Å². The van der Waals surface area contributed by atoms with Gasteiger partial charge >= 0.3 is 0 Å². The highest BCUT2D eigenvalue weighted by Gasteiger charge is 2.38. The molecule has 3 rings (SSSR count). The number of thiocarbonyl (C=S) groups is 1. The summed E-state index contributed by atoms with van der Waals surface area (Å²) in [5.74, 6) is -1.90. The van der Waals surface area contributed by atoms with E-state index in [-0.39, 0.29) is 5.11 Å². The van der Waals surface area contributed by atoms with Crippen LogP contribution in [0.1, 0.15) is 5.56 Å². The molecule has 2 aromatic carbocycles. The Labute approximate surface area is 164 Å². The number of hydrogen-bond acceptors (Lipinski definition) is 4. The zero-order chi connectivity index (χ0) is 18.0. The Kier molecular flexibility index (Phi) is 5.24. The number of carbonyl (C=O) groups is 2. The summed E-state index contributed by atoms with van der Waals surface area (Å²) in [5.41, 5.74) is 2.39. The van der Waals surface area contributed by atoms with Crippen LogP contribution in [0.4, 0.5) is 11.4 Å². The number of aryl methyl sites for hydroxylation is 1. The van der Waals surface area contributed by atoms with Gasteiger partial charge in [0.1, 0.15) is 0 Å². The second-order valence-electron chi connectivity index (χ2n) is 5.49. The molecule has 1 N–H and O–H groups in total. The second-order valence-corrected chi connectivity index (χ2v) is 7.04. The summed E-state index contributed by atoms with van der Waals surface area (Å²) in [7, 11) is 0. The van der Waals surface area contributed by atoms with E-state index in [1.165, 1.54) is 11.1 Å². The average Bonchev–Trinajstić information content (AvgIpc) is 2.58. The minimum atomic E-state index is -1.02. The number of halogens is 1. The lowest BCUT2D eigenvalue weighted by molar-refractivity contribution is -0.130. The minimum Gasteiger partial charge on any atom is -0.301 e. The quantitative estimate of drug-likeness (QED) is 0.329. The number of nitrogens with zero attached hydrogens (tertiary/aromatic N) is 2. The van der Waals surface area contributed by atoms with Crippen LogP contribution in [0.15, 0.2) is 53.5 Å². The van der Waals surface area contributed by atoms with Gasteiger partial charge in [-0.1, -0.05) is 18.2 Å². The van der Waals surface area contributed by atoms with Gasteiger partial charge in [-0.15, -0.1) is 0 Å². The first-order valence-corrected chi connectivity index (χ1v) is 9.00. The number of para-hydroxylation sites is 1. The smallest absolute Gasteiger partial charge is 0.251 e. The fourth-order valence-corrected chi connectivity index (χ4v) is 3.04. The molecule has 25 heavy (non-hydrogen) atoms. The number of rotatable bonds is 3. The van der Waals surface area contributed by atoms with Crippen molar-refractivity contribution in [1.82, 2.24) is 5.32 Å². The lowest BCUT2D eigenvalue weighted by atomic mass is 10.1. The zero-order valence-corrected chi connectivity index (χ0v) is 16.2. The summed E-state index contributed by atoms with van der Waals surface area (Å²) in [6, 6.07) is 14.7. The van der Waals surface area contributed by atoms with Crippen molar-refractivity contribution in [2.75, 3.05) is 4.90 Å². The van der Waals surface area contributed by atoms with E-state index < -0.39 is 17.7 Å². The van der Waals surface area contributed by atoms with E-state index in [9.17, 15) is 9.59 Å². The number of hydrogen-bond donors (Lipinski definition) is 1. The molecule has 0 unspecified atom stereocenters. The molecule has 0 spiro atoms. The Hall–Kier alpha value is -2.13. The number of anilines is 1. The van der Waals surface area contributed by atoms with E-state index in [1.54, 1.807) is 24.3 Å². The van der Waals surface area contributed by atoms with Gasteiger partial charge in [0.2, 0.25) is 5.91 Å². The van der Waals surface area contributed by atoms with Crippen molar-refractivity contribution in [3.63, 3.8) is 0 Å². The van der Waals surface area contributed by atoms with E-state index in [4.69, 9.17) is 12.2 Å². The molecule has 7 heteroatoms. The summed E-state index contributed by atoms with van der Waals surface area (Å²) in [6.07, 6.45) is 1.37. The first-order chi connectivity index (χ1) is 12.0. The van der Waals surface area contributed by atoms with Crippen LogP contribution in [0, 0.1) is 16.4 Å². The van der Waals surface area contributed by atoms with Crippen molar-refractivity contribution in [1.29, 1.82) is 0 Å². The van der Waals surface area contributed by atoms with Crippen molar-refractivity contribution < 1.29 is 9.59 Å². The molecule has 0 saturated carbocycles. The third-order valence-corrected chi connectivity index (χ3v) is 5.23. The topological polar surface area (TPSA) is 61.8 Å². The second kappa shape index (κ2) is 7.40. The van der Waals surface area contributed by atoms with Gasteiger partial charge in [0.15, 0.2) is 11.0 Å². The highest BCUT2D eigenvalue weighted by Crippen LogP contribution is 2.22. The van der Waals surface area contributed by atoms with Crippen molar-refractivity contribution in [2.45, 2.75) is 6.92 Å². The number of benzene rings is 2. The normalized spacial score (nSPS) is 17.9. The number of nitrogens with one attached hydrogen (secondary N) is 1. The summed E-state index contributed by atoms with van der Waals surface area (Å²) in [4.78, 5) is 30.6. The van der Waals surface area contributed by atoms with Crippen molar-refractivity contribution in [2.24, 2.45) is 10.9 Å². The van der Waals surface area contributed by atoms with E-state index in [2.05, 4.69) is 32.9 Å². The van der Waals surface area contributed by atoms with Gasteiger partial charge in [-0.2, -0.15) is 0 Å². The van der Waals surface area contributed by atoms with Gasteiger partial charge in [0.05, 0.1) is 11.4 Å². The van der Waals surface area contributed by atoms with Crippen LogP contribution in [-0.2, 0) is 9.59 Å². The lowest BCUT2D eigenvalue weighted by Crippen LogP contribution is -2.58. The Bertz CT molecular complexity index is 883. The fraction of sp³-hybridized carbons (Fsp3) is 0.111. The average molecular weight is 463 g/mol. The monoisotopic (exact) mass is 463 g/mol. The molecular formula is C18H14IN3O2S. The fourth-order valence-electron chi connectivity index (χ4n) is 2.41. The molecule has 126 valence electrons. The third-order valence-electron chi connectivity index (χ3n) is 3.73. The highest BCUT2D eigenvalue weighted by atomic mass is 127. The molecule has 0 aromatic heterocycles. The van der Waals surface area contributed by atoms with Crippen molar-refractivity contribution in [3.05, 3.63) is 57.7 Å². The Morgan fingerprint density at radius 2 is 1.92 bits per heavy atom. The summed E-state index contributed by atoms with van der Waals surface area (Å²) in [6.45, 7) is 1.98. The molecule has 2 amide bonds. The molecular weight excluding hydrogens is 449 g/mol. The van der Waals surface area contributed by atoms with Crippen LogP contribution < -0.4 is 10.2 Å². The molecule has 2 aromatic rings. The molecule has 0 aliphatic carbocycles. The van der Waals surface area contributed by atoms with E-state index >= 15 is 0 Å². The minimum absolute atomic E-state index is 0.0796. The van der Waals surface area contributed by atoms with Gasteiger partial charge in [-0.25, -0.2) is 0 Å². The summed E-state index contributed by atoms with van der Waals surface area (Å²) >= 11 is 7.39. The number of aliphatic imine (C=N–C) groups is 1. The number of amides is 2. The van der Waals surface area contributed by atoms with Crippen LogP contribution in [0.2, 0.25) is 0 Å². The SMILES string of the molecule is Cc1cc(N=C[C@@H]2C(=O)NC(=S)N(c3ccccc3)C2=O)ccc1I. The molecule has 5 nitrogen and oxygen atoms in total. The van der Waals surface area contributed by atoms with Crippen LogP contribution in [0.5, 0.6) is 0 Å². The van der Waals surface area contributed by atoms with E-state index in [0.29, 0.717) is 11.4 Å². The van der Waals surface area contributed by atoms with Gasteiger partial charge in [0.25, 0.3) is 5.91 Å². The molecule has 1 saturated heterocycles. The molecule has 1 aliphatic rings. The van der Waals surface area contributed by atoms with Gasteiger partial charge < -0.3 is 5.32 Å². The Morgan fingerprint density at radius 1 is 1.20 bits per heavy atom.